The summed E-state index contributed by atoms with van der Waals surface area (Å²) in [6.07, 6.45) is 1.79. The minimum absolute atomic E-state index is 0.0116. The van der Waals surface area contributed by atoms with Crippen LogP contribution in [0, 0.1) is 12.8 Å². The molecule has 2 aromatic carbocycles. The fraction of sp³-hybridized carbons (Fsp3) is 0.500. The van der Waals surface area contributed by atoms with Gasteiger partial charge in [0.15, 0.2) is 11.5 Å². The van der Waals surface area contributed by atoms with Gasteiger partial charge in [-0.25, -0.2) is 0 Å². The van der Waals surface area contributed by atoms with E-state index in [9.17, 15) is 4.79 Å². The molecule has 0 unspecified atom stereocenters. The van der Waals surface area contributed by atoms with Crippen molar-refractivity contribution in [3.05, 3.63) is 58.7 Å². The largest absolute Gasteiger partial charge is 0.493 e. The van der Waals surface area contributed by atoms with Crippen LogP contribution in [-0.4, -0.2) is 37.6 Å². The highest BCUT2D eigenvalue weighted by atomic mass is 16.5. The zero-order valence-electron chi connectivity index (χ0n) is 19.7. The lowest BCUT2D eigenvalue weighted by Crippen LogP contribution is -2.49. The summed E-state index contributed by atoms with van der Waals surface area (Å²) < 4.78 is 11.2. The average Bonchev–Trinajstić information content (AvgIpc) is 2.77. The standard InChI is InChI=1S/C26H36N2O3/c1-7-22(27-26(29)17(2)3)25-21-15-24(31-6)23(30-5)14-20(21)12-13-28(25)16-19-10-8-18(4)9-11-19/h8-11,14-15,17,22,25H,7,12-13,16H2,1-6H3,(H,27,29)/t22-,25-/m1/s1. The van der Waals surface area contributed by atoms with Crippen LogP contribution in [0.3, 0.4) is 0 Å². The van der Waals surface area contributed by atoms with Gasteiger partial charge < -0.3 is 14.8 Å². The van der Waals surface area contributed by atoms with Crippen LogP contribution in [0.1, 0.15) is 55.5 Å². The minimum atomic E-state index is -0.0481. The van der Waals surface area contributed by atoms with Gasteiger partial charge in [-0.05, 0) is 48.6 Å². The lowest BCUT2D eigenvalue weighted by molar-refractivity contribution is -0.125. The molecule has 168 valence electrons. The Bertz CT molecular complexity index is 892. The Hall–Kier alpha value is -2.53. The Labute approximate surface area is 186 Å². The number of nitrogens with one attached hydrogen (secondary N) is 1. The minimum Gasteiger partial charge on any atom is -0.493 e. The second-order valence-corrected chi connectivity index (χ2v) is 8.73. The highest BCUT2D eigenvalue weighted by Gasteiger charge is 2.35. The van der Waals surface area contributed by atoms with Gasteiger partial charge in [-0.3, -0.25) is 9.69 Å². The van der Waals surface area contributed by atoms with Crippen molar-refractivity contribution in [3.63, 3.8) is 0 Å². The van der Waals surface area contributed by atoms with Gasteiger partial charge >= 0.3 is 0 Å². The van der Waals surface area contributed by atoms with E-state index in [4.69, 9.17) is 9.47 Å². The van der Waals surface area contributed by atoms with E-state index in [2.05, 4.69) is 60.5 Å². The summed E-state index contributed by atoms with van der Waals surface area (Å²) in [5, 5.41) is 3.32. The van der Waals surface area contributed by atoms with Gasteiger partial charge in [-0.15, -0.1) is 0 Å². The number of rotatable bonds is 8. The summed E-state index contributed by atoms with van der Waals surface area (Å²) in [5.41, 5.74) is 5.02. The molecule has 0 fully saturated rings. The molecule has 2 atom stereocenters. The molecular weight excluding hydrogens is 388 g/mol. The van der Waals surface area contributed by atoms with Crippen molar-refractivity contribution >= 4 is 5.91 Å². The molecule has 0 saturated heterocycles. The van der Waals surface area contributed by atoms with Gasteiger partial charge in [0.1, 0.15) is 0 Å². The molecule has 5 nitrogen and oxygen atoms in total. The third kappa shape index (κ3) is 5.21. The molecule has 0 saturated carbocycles. The number of nitrogens with zero attached hydrogens (tertiary/aromatic N) is 1. The summed E-state index contributed by atoms with van der Waals surface area (Å²) in [6, 6.07) is 13.0. The Balaban J connectivity index is 2.02. The van der Waals surface area contributed by atoms with Crippen molar-refractivity contribution in [2.45, 2.75) is 59.2 Å². The number of benzene rings is 2. The van der Waals surface area contributed by atoms with Crippen molar-refractivity contribution in [2.75, 3.05) is 20.8 Å². The average molecular weight is 425 g/mol. The van der Waals surface area contributed by atoms with Crippen molar-refractivity contribution < 1.29 is 14.3 Å². The van der Waals surface area contributed by atoms with E-state index in [0.29, 0.717) is 0 Å². The summed E-state index contributed by atoms with van der Waals surface area (Å²) in [4.78, 5) is 15.1. The normalized spacial score (nSPS) is 17.2. The zero-order valence-corrected chi connectivity index (χ0v) is 19.7. The molecule has 31 heavy (non-hydrogen) atoms. The predicted octanol–water partition coefficient (Wildman–Crippen LogP) is 4.66. The first-order valence-electron chi connectivity index (χ1n) is 11.2. The molecule has 1 aliphatic rings. The lowest BCUT2D eigenvalue weighted by atomic mass is 9.86. The van der Waals surface area contributed by atoms with Crippen LogP contribution < -0.4 is 14.8 Å². The van der Waals surface area contributed by atoms with Crippen molar-refractivity contribution in [1.82, 2.24) is 10.2 Å². The van der Waals surface area contributed by atoms with Crippen LogP contribution in [0.4, 0.5) is 0 Å². The first-order valence-corrected chi connectivity index (χ1v) is 11.2. The summed E-state index contributed by atoms with van der Waals surface area (Å²) in [6.45, 7) is 9.90. The van der Waals surface area contributed by atoms with E-state index >= 15 is 0 Å². The Morgan fingerprint density at radius 2 is 1.77 bits per heavy atom. The fourth-order valence-corrected chi connectivity index (χ4v) is 4.36. The van der Waals surface area contributed by atoms with E-state index in [1.807, 2.05) is 13.8 Å². The monoisotopic (exact) mass is 424 g/mol. The number of hydrogen-bond acceptors (Lipinski definition) is 4. The molecule has 2 aromatic rings. The molecule has 0 bridgehead atoms. The molecule has 5 heteroatoms. The maximum Gasteiger partial charge on any atom is 0.222 e. The van der Waals surface area contributed by atoms with E-state index in [-0.39, 0.29) is 23.9 Å². The second-order valence-electron chi connectivity index (χ2n) is 8.73. The van der Waals surface area contributed by atoms with Crippen molar-refractivity contribution in [1.29, 1.82) is 0 Å². The van der Waals surface area contributed by atoms with Gasteiger partial charge in [-0.2, -0.15) is 0 Å². The highest BCUT2D eigenvalue weighted by molar-refractivity contribution is 5.78. The zero-order chi connectivity index (χ0) is 22.5. The van der Waals surface area contributed by atoms with E-state index in [1.54, 1.807) is 14.2 Å². The number of fused-ring (bicyclic) bond motifs is 1. The van der Waals surface area contributed by atoms with E-state index in [1.165, 1.54) is 22.3 Å². The summed E-state index contributed by atoms with van der Waals surface area (Å²) in [5.74, 6) is 1.53. The van der Waals surface area contributed by atoms with Gasteiger partial charge in [0, 0.05) is 25.0 Å². The number of carbonyl (C=O) groups is 1. The fourth-order valence-electron chi connectivity index (χ4n) is 4.36. The van der Waals surface area contributed by atoms with Gasteiger partial charge in [0.05, 0.1) is 20.3 Å². The second kappa shape index (κ2) is 10.2. The molecular formula is C26H36N2O3. The topological polar surface area (TPSA) is 50.8 Å². The Kier molecular flexibility index (Phi) is 7.60. The summed E-state index contributed by atoms with van der Waals surface area (Å²) in [7, 11) is 3.34. The number of carbonyl (C=O) groups excluding carboxylic acids is 1. The molecule has 3 rings (SSSR count). The number of aryl methyl sites for hydroxylation is 1. The first kappa shape index (κ1) is 23.1. The maximum absolute atomic E-state index is 12.6. The van der Waals surface area contributed by atoms with Gasteiger partial charge in [-0.1, -0.05) is 50.6 Å². The quantitative estimate of drug-likeness (QED) is 0.669. The molecule has 0 spiro atoms. The number of amides is 1. The van der Waals surface area contributed by atoms with Crippen LogP contribution in [0.25, 0.3) is 0 Å². The van der Waals surface area contributed by atoms with Crippen LogP contribution in [0.5, 0.6) is 11.5 Å². The molecule has 1 N–H and O–H groups in total. The molecule has 0 radical (unpaired) electrons. The third-order valence-corrected chi connectivity index (χ3v) is 6.21. The lowest BCUT2D eigenvalue weighted by Gasteiger charge is -2.42. The van der Waals surface area contributed by atoms with Crippen LogP contribution >= 0.6 is 0 Å². The van der Waals surface area contributed by atoms with Crippen LogP contribution in [-0.2, 0) is 17.8 Å². The Morgan fingerprint density at radius 3 is 2.35 bits per heavy atom. The molecule has 1 amide bonds. The smallest absolute Gasteiger partial charge is 0.222 e. The molecule has 0 aromatic heterocycles. The van der Waals surface area contributed by atoms with E-state index in [0.717, 1.165) is 37.4 Å². The number of methoxy groups -OCH3 is 2. The molecule has 1 aliphatic heterocycles. The number of hydrogen-bond donors (Lipinski definition) is 1. The van der Waals surface area contributed by atoms with Gasteiger partial charge in [0.25, 0.3) is 0 Å². The van der Waals surface area contributed by atoms with E-state index < -0.39 is 0 Å². The van der Waals surface area contributed by atoms with Crippen molar-refractivity contribution in [3.8, 4) is 11.5 Å². The SMILES string of the molecule is CC[C@@H](NC(=O)C(C)C)[C@H]1c2cc(OC)c(OC)cc2CCN1Cc1ccc(C)cc1. The predicted molar refractivity (Wildman–Crippen MR) is 125 cm³/mol. The number of ether oxygens (including phenoxy) is 2. The highest BCUT2D eigenvalue weighted by Crippen LogP contribution is 2.40. The first-order chi connectivity index (χ1) is 14.9. The van der Waals surface area contributed by atoms with Gasteiger partial charge in [0.2, 0.25) is 5.91 Å². The Morgan fingerprint density at radius 1 is 1.13 bits per heavy atom. The summed E-state index contributed by atoms with van der Waals surface area (Å²) >= 11 is 0. The van der Waals surface area contributed by atoms with Crippen LogP contribution in [0.2, 0.25) is 0 Å². The molecule has 0 aliphatic carbocycles. The maximum atomic E-state index is 12.6. The third-order valence-electron chi connectivity index (χ3n) is 6.21. The van der Waals surface area contributed by atoms with Crippen molar-refractivity contribution in [2.24, 2.45) is 5.92 Å². The van der Waals surface area contributed by atoms with Crippen LogP contribution in [0.15, 0.2) is 36.4 Å². The molecule has 1 heterocycles.